The molecule has 5 rings (SSSR count). The highest BCUT2D eigenvalue weighted by molar-refractivity contribution is 6.30. The first-order valence-corrected chi connectivity index (χ1v) is 14.3. The normalized spacial score (nSPS) is 35.4. The zero-order chi connectivity index (χ0) is 27.0. The molecule has 1 aromatic carbocycles. The van der Waals surface area contributed by atoms with Crippen molar-refractivity contribution in [1.29, 1.82) is 0 Å². The van der Waals surface area contributed by atoms with Gasteiger partial charge in [-0.25, -0.2) is 0 Å². The maximum absolute atomic E-state index is 14.0. The monoisotopic (exact) mass is 543 g/mol. The van der Waals surface area contributed by atoms with Crippen molar-refractivity contribution in [3.8, 4) is 0 Å². The van der Waals surface area contributed by atoms with Crippen LogP contribution in [0.4, 0.5) is 5.69 Å². The summed E-state index contributed by atoms with van der Waals surface area (Å²) in [7, 11) is 0. The van der Waals surface area contributed by atoms with Crippen molar-refractivity contribution >= 4 is 35.0 Å². The minimum absolute atomic E-state index is 0.0478. The Morgan fingerprint density at radius 2 is 2.05 bits per heavy atom. The van der Waals surface area contributed by atoms with E-state index in [0.717, 1.165) is 19.3 Å². The second-order valence-electron chi connectivity index (χ2n) is 11.2. The molecule has 3 heterocycles. The Balaban J connectivity index is 1.41. The second kappa shape index (κ2) is 11.0. The Labute approximate surface area is 229 Å². The van der Waals surface area contributed by atoms with Crippen LogP contribution < -0.4 is 10.6 Å². The molecule has 1 saturated carbocycles. The van der Waals surface area contributed by atoms with Gasteiger partial charge in [-0.1, -0.05) is 56.5 Å². The molecule has 0 radical (unpaired) electrons. The van der Waals surface area contributed by atoms with E-state index in [4.69, 9.17) is 21.1 Å². The summed E-state index contributed by atoms with van der Waals surface area (Å²) in [6.45, 7) is 7.76. The molecular formula is C29H38ClN3O5. The number of rotatable bonds is 9. The highest BCUT2D eigenvalue weighted by Gasteiger charge is 2.72. The lowest BCUT2D eigenvalue weighted by Gasteiger charge is -2.38. The molecule has 206 valence electrons. The van der Waals surface area contributed by atoms with Crippen LogP contribution in [0, 0.1) is 23.7 Å². The molecule has 3 aliphatic heterocycles. The van der Waals surface area contributed by atoms with Crippen molar-refractivity contribution < 1.29 is 23.9 Å². The van der Waals surface area contributed by atoms with Crippen LogP contribution in [0.3, 0.4) is 0 Å². The zero-order valence-corrected chi connectivity index (χ0v) is 23.1. The lowest BCUT2D eigenvalue weighted by Crippen LogP contribution is -2.58. The van der Waals surface area contributed by atoms with E-state index in [2.05, 4.69) is 24.5 Å². The van der Waals surface area contributed by atoms with Crippen molar-refractivity contribution in [3.63, 3.8) is 0 Å². The number of halogens is 1. The first-order chi connectivity index (χ1) is 18.3. The summed E-state index contributed by atoms with van der Waals surface area (Å²) < 4.78 is 11.9. The van der Waals surface area contributed by atoms with Crippen molar-refractivity contribution in [2.75, 3.05) is 25.1 Å². The first-order valence-electron chi connectivity index (χ1n) is 13.9. The molecule has 0 aromatic heterocycles. The highest BCUT2D eigenvalue weighted by Crippen LogP contribution is 2.55. The summed E-state index contributed by atoms with van der Waals surface area (Å²) >= 11 is 6.10. The van der Waals surface area contributed by atoms with Crippen molar-refractivity contribution in [1.82, 2.24) is 10.2 Å². The third kappa shape index (κ3) is 4.75. The van der Waals surface area contributed by atoms with E-state index < -0.39 is 29.6 Å². The van der Waals surface area contributed by atoms with E-state index in [9.17, 15) is 14.4 Å². The van der Waals surface area contributed by atoms with Crippen LogP contribution in [0.2, 0.25) is 5.02 Å². The number of hydrogen-bond donors (Lipinski definition) is 2. The summed E-state index contributed by atoms with van der Waals surface area (Å²) in [5, 5.41) is 6.69. The number of benzene rings is 1. The molecule has 38 heavy (non-hydrogen) atoms. The number of fused-ring (bicyclic) bond motifs is 1. The molecular weight excluding hydrogens is 506 g/mol. The van der Waals surface area contributed by atoms with E-state index >= 15 is 0 Å². The minimum Gasteiger partial charge on any atom is -0.382 e. The molecule has 2 N–H and O–H groups in total. The van der Waals surface area contributed by atoms with Crippen LogP contribution in [0.1, 0.15) is 46.5 Å². The molecule has 1 spiro atoms. The zero-order valence-electron chi connectivity index (χ0n) is 22.3. The van der Waals surface area contributed by atoms with Gasteiger partial charge in [0.05, 0.1) is 17.9 Å². The molecule has 4 aliphatic rings. The van der Waals surface area contributed by atoms with Gasteiger partial charge in [0.1, 0.15) is 11.6 Å². The summed E-state index contributed by atoms with van der Waals surface area (Å²) in [5.74, 6) is -1.39. The molecule has 2 bridgehead atoms. The quantitative estimate of drug-likeness (QED) is 0.365. The van der Waals surface area contributed by atoms with E-state index in [1.54, 1.807) is 29.2 Å². The number of nitrogens with zero attached hydrogens (tertiary/aromatic N) is 1. The Hall–Kier alpha value is -2.42. The maximum atomic E-state index is 14.0. The number of anilines is 1. The minimum atomic E-state index is -1.17. The molecule has 8 atom stereocenters. The predicted molar refractivity (Wildman–Crippen MR) is 145 cm³/mol. The van der Waals surface area contributed by atoms with Gasteiger partial charge < -0.3 is 25.0 Å². The van der Waals surface area contributed by atoms with Gasteiger partial charge in [0, 0.05) is 36.5 Å². The SMILES string of the molecule is CCOCCCN1C(=O)[C@@H]2[C@H](C(=O)Nc3cccc(Cl)c3)[C@@H]3C=C[C@@]2(O3)[C@@H]1C(=O)N[C@@H]1CCC[C@H](C)[C@H]1C. The Morgan fingerprint density at radius 1 is 1.24 bits per heavy atom. The number of nitrogens with one attached hydrogen (secondary N) is 2. The number of amides is 3. The van der Waals surface area contributed by atoms with Gasteiger partial charge in [-0.15, -0.1) is 0 Å². The Bertz CT molecular complexity index is 1110. The molecule has 2 saturated heterocycles. The molecule has 1 aromatic rings. The lowest BCUT2D eigenvalue weighted by atomic mass is 9.73. The molecule has 3 fully saturated rings. The van der Waals surface area contributed by atoms with Crippen LogP contribution in [0.25, 0.3) is 0 Å². The molecule has 8 nitrogen and oxygen atoms in total. The van der Waals surface area contributed by atoms with Gasteiger partial charge in [-0.2, -0.15) is 0 Å². The number of hydrogen-bond acceptors (Lipinski definition) is 5. The van der Waals surface area contributed by atoms with E-state index in [1.165, 1.54) is 0 Å². The number of carbonyl (C=O) groups excluding carboxylic acids is 3. The third-order valence-corrected chi connectivity index (χ3v) is 9.18. The fraction of sp³-hybridized carbons (Fsp3) is 0.621. The maximum Gasteiger partial charge on any atom is 0.246 e. The fourth-order valence-electron chi connectivity index (χ4n) is 6.83. The molecule has 3 amide bonds. The second-order valence-corrected chi connectivity index (χ2v) is 11.6. The van der Waals surface area contributed by atoms with Gasteiger partial charge in [0.25, 0.3) is 0 Å². The Morgan fingerprint density at radius 3 is 2.82 bits per heavy atom. The van der Waals surface area contributed by atoms with Gasteiger partial charge in [0.2, 0.25) is 17.7 Å². The van der Waals surface area contributed by atoms with E-state index in [0.29, 0.717) is 48.7 Å². The van der Waals surface area contributed by atoms with Gasteiger partial charge in [-0.3, -0.25) is 14.4 Å². The molecule has 9 heteroatoms. The lowest BCUT2D eigenvalue weighted by molar-refractivity contribution is -0.141. The average molecular weight is 544 g/mol. The first kappa shape index (κ1) is 27.2. The predicted octanol–water partition coefficient (Wildman–Crippen LogP) is 3.80. The van der Waals surface area contributed by atoms with Crippen LogP contribution >= 0.6 is 11.6 Å². The summed E-state index contributed by atoms with van der Waals surface area (Å²) in [6, 6.07) is 6.11. The van der Waals surface area contributed by atoms with Crippen LogP contribution in [0.15, 0.2) is 36.4 Å². The summed E-state index contributed by atoms with van der Waals surface area (Å²) in [6.07, 6.45) is 6.85. The van der Waals surface area contributed by atoms with Crippen molar-refractivity contribution in [2.24, 2.45) is 23.7 Å². The van der Waals surface area contributed by atoms with Gasteiger partial charge >= 0.3 is 0 Å². The average Bonchev–Trinajstić information content (AvgIpc) is 3.52. The topological polar surface area (TPSA) is 97.0 Å². The largest absolute Gasteiger partial charge is 0.382 e. The number of carbonyl (C=O) groups is 3. The van der Waals surface area contributed by atoms with Gasteiger partial charge in [0.15, 0.2) is 0 Å². The van der Waals surface area contributed by atoms with Crippen LogP contribution in [-0.2, 0) is 23.9 Å². The van der Waals surface area contributed by atoms with E-state index in [1.807, 2.05) is 19.1 Å². The summed E-state index contributed by atoms with van der Waals surface area (Å²) in [4.78, 5) is 43.1. The fourth-order valence-corrected chi connectivity index (χ4v) is 7.02. The standard InChI is InChI=1S/C29H38ClN3O5/c1-4-37-15-7-14-33-25(27(35)32-21-11-5-8-17(2)18(21)3)29-13-12-22(38-29)23(24(29)28(33)36)26(34)31-20-10-6-9-19(30)16-20/h6,9-10,12-13,16-18,21-25H,4-5,7-8,11,14-15H2,1-3H3,(H,31,34)(H,32,35)/t17-,18+,21+,22-,23+,24-,25-,29-/m0/s1. The van der Waals surface area contributed by atoms with E-state index in [-0.39, 0.29) is 23.8 Å². The van der Waals surface area contributed by atoms with Crippen molar-refractivity contribution in [3.05, 3.63) is 41.4 Å². The number of ether oxygens (including phenoxy) is 2. The highest BCUT2D eigenvalue weighted by atomic mass is 35.5. The Kier molecular flexibility index (Phi) is 7.85. The number of likely N-dealkylation sites (tertiary alicyclic amines) is 1. The molecule has 1 aliphatic carbocycles. The molecule has 0 unspecified atom stereocenters. The van der Waals surface area contributed by atoms with Crippen LogP contribution in [0.5, 0.6) is 0 Å². The third-order valence-electron chi connectivity index (χ3n) is 8.94. The van der Waals surface area contributed by atoms with Crippen molar-refractivity contribution in [2.45, 2.75) is 70.2 Å². The summed E-state index contributed by atoms with van der Waals surface area (Å²) in [5.41, 5.74) is -0.617. The smallest absolute Gasteiger partial charge is 0.246 e. The van der Waals surface area contributed by atoms with Crippen LogP contribution in [-0.4, -0.2) is 66.2 Å². The van der Waals surface area contributed by atoms with Gasteiger partial charge in [-0.05, 0) is 49.8 Å².